The molecule has 0 radical (unpaired) electrons. The molecule has 29 heavy (non-hydrogen) atoms. The zero-order chi connectivity index (χ0) is 20.4. The fourth-order valence-corrected chi connectivity index (χ4v) is 3.48. The van der Waals surface area contributed by atoms with Crippen molar-refractivity contribution in [2.24, 2.45) is 7.05 Å². The number of rotatable bonds is 5. The van der Waals surface area contributed by atoms with Crippen LogP contribution in [0, 0.1) is 0 Å². The molecule has 0 aliphatic rings. The van der Waals surface area contributed by atoms with Gasteiger partial charge in [0.05, 0.1) is 17.4 Å². The Balaban J connectivity index is 1.73. The van der Waals surface area contributed by atoms with Crippen molar-refractivity contribution in [3.63, 3.8) is 0 Å². The predicted octanol–water partition coefficient (Wildman–Crippen LogP) is 5.02. The number of benzene rings is 2. The summed E-state index contributed by atoms with van der Waals surface area (Å²) >= 11 is 6.18. The van der Waals surface area contributed by atoms with Crippen LogP contribution in [0.2, 0.25) is 5.02 Å². The van der Waals surface area contributed by atoms with Crippen LogP contribution in [0.4, 0.5) is 0 Å². The number of hydrogen-bond acceptors (Lipinski definition) is 2. The number of hydrogen-bond donors (Lipinski definition) is 1. The molecule has 2 heterocycles. The van der Waals surface area contributed by atoms with E-state index in [4.69, 9.17) is 16.7 Å². The number of carbonyl (C=O) groups excluding carboxylic acids is 1. The van der Waals surface area contributed by atoms with Crippen LogP contribution in [0.3, 0.4) is 0 Å². The molecule has 5 nitrogen and oxygen atoms in total. The SMILES string of the molecule is C[C@H](NC(=O)c1cc(-c2cccn2C)nn1-c1cccc(Cl)c1)c1ccccc1. The van der Waals surface area contributed by atoms with E-state index in [1.807, 2.05) is 85.4 Å². The van der Waals surface area contributed by atoms with E-state index in [1.165, 1.54) is 0 Å². The van der Waals surface area contributed by atoms with E-state index in [1.54, 1.807) is 16.8 Å². The zero-order valence-electron chi connectivity index (χ0n) is 16.2. The average Bonchev–Trinajstić information content (AvgIpc) is 3.35. The summed E-state index contributed by atoms with van der Waals surface area (Å²) in [6.45, 7) is 1.96. The van der Waals surface area contributed by atoms with Crippen LogP contribution >= 0.6 is 11.6 Å². The molecular formula is C23H21ClN4O. The summed E-state index contributed by atoms with van der Waals surface area (Å²) in [4.78, 5) is 13.2. The molecule has 0 saturated carbocycles. The van der Waals surface area contributed by atoms with Crippen molar-refractivity contribution in [1.29, 1.82) is 0 Å². The first-order valence-electron chi connectivity index (χ1n) is 9.36. The van der Waals surface area contributed by atoms with Crippen molar-refractivity contribution in [2.45, 2.75) is 13.0 Å². The normalized spacial score (nSPS) is 12.0. The van der Waals surface area contributed by atoms with Crippen molar-refractivity contribution < 1.29 is 4.79 Å². The Labute approximate surface area is 174 Å². The summed E-state index contributed by atoms with van der Waals surface area (Å²) in [5.74, 6) is -0.200. The number of amides is 1. The molecule has 2 aromatic carbocycles. The van der Waals surface area contributed by atoms with E-state index in [0.29, 0.717) is 10.7 Å². The predicted molar refractivity (Wildman–Crippen MR) is 115 cm³/mol. The van der Waals surface area contributed by atoms with Gasteiger partial charge in [-0.1, -0.05) is 48.0 Å². The standard InChI is InChI=1S/C23H21ClN4O/c1-16(17-8-4-3-5-9-17)25-23(29)22-15-20(21-12-7-13-27(21)2)26-28(22)19-11-6-10-18(24)14-19/h3-16H,1-2H3,(H,25,29)/t16-/m0/s1. The number of halogens is 1. The minimum atomic E-state index is -0.200. The van der Waals surface area contributed by atoms with Crippen molar-refractivity contribution in [3.05, 3.63) is 95.3 Å². The quantitative estimate of drug-likeness (QED) is 0.507. The molecule has 0 spiro atoms. The van der Waals surface area contributed by atoms with Gasteiger partial charge in [-0.2, -0.15) is 5.10 Å². The Morgan fingerprint density at radius 3 is 2.52 bits per heavy atom. The first-order chi connectivity index (χ1) is 14.0. The first-order valence-corrected chi connectivity index (χ1v) is 9.74. The molecule has 146 valence electrons. The molecule has 0 aliphatic carbocycles. The second kappa shape index (κ2) is 7.97. The first kappa shape index (κ1) is 19.0. The lowest BCUT2D eigenvalue weighted by Gasteiger charge is -2.15. The van der Waals surface area contributed by atoms with E-state index < -0.39 is 0 Å². The molecule has 0 saturated heterocycles. The summed E-state index contributed by atoms with van der Waals surface area (Å²) in [7, 11) is 1.95. The zero-order valence-corrected chi connectivity index (χ0v) is 17.0. The topological polar surface area (TPSA) is 51.9 Å². The molecule has 2 aromatic heterocycles. The fraction of sp³-hybridized carbons (Fsp3) is 0.130. The lowest BCUT2D eigenvalue weighted by Crippen LogP contribution is -2.28. The summed E-state index contributed by atoms with van der Waals surface area (Å²) in [6.07, 6.45) is 1.95. The molecule has 1 amide bonds. The Hall–Kier alpha value is -3.31. The molecule has 4 aromatic rings. The van der Waals surface area contributed by atoms with Gasteiger partial charge in [-0.05, 0) is 48.9 Å². The summed E-state index contributed by atoms with van der Waals surface area (Å²) < 4.78 is 3.61. The molecule has 0 aliphatic heterocycles. The van der Waals surface area contributed by atoms with Crippen molar-refractivity contribution in [3.8, 4) is 17.1 Å². The molecule has 4 rings (SSSR count). The van der Waals surface area contributed by atoms with Gasteiger partial charge in [-0.25, -0.2) is 4.68 Å². The molecule has 0 unspecified atom stereocenters. The van der Waals surface area contributed by atoms with E-state index in [-0.39, 0.29) is 11.9 Å². The van der Waals surface area contributed by atoms with Gasteiger partial charge >= 0.3 is 0 Å². The van der Waals surface area contributed by atoms with Gasteiger partial charge in [0.2, 0.25) is 0 Å². The summed E-state index contributed by atoms with van der Waals surface area (Å²) in [5, 5.41) is 8.36. The highest BCUT2D eigenvalue weighted by atomic mass is 35.5. The minimum Gasteiger partial charge on any atom is -0.349 e. The lowest BCUT2D eigenvalue weighted by molar-refractivity contribution is 0.0932. The van der Waals surface area contributed by atoms with Crippen LogP contribution in [0.5, 0.6) is 0 Å². The second-order valence-corrected chi connectivity index (χ2v) is 7.35. The van der Waals surface area contributed by atoms with Crippen LogP contribution < -0.4 is 5.32 Å². The number of aryl methyl sites for hydroxylation is 1. The van der Waals surface area contributed by atoms with Crippen LogP contribution in [0.25, 0.3) is 17.1 Å². The lowest BCUT2D eigenvalue weighted by atomic mass is 10.1. The van der Waals surface area contributed by atoms with Gasteiger partial charge in [-0.15, -0.1) is 0 Å². The van der Waals surface area contributed by atoms with Gasteiger partial charge in [-0.3, -0.25) is 4.79 Å². The molecule has 1 atom stereocenters. The number of nitrogens with one attached hydrogen (secondary N) is 1. The number of carbonyl (C=O) groups is 1. The number of aromatic nitrogens is 3. The van der Waals surface area contributed by atoms with E-state index >= 15 is 0 Å². The third-order valence-electron chi connectivity index (χ3n) is 4.85. The maximum Gasteiger partial charge on any atom is 0.270 e. The maximum atomic E-state index is 13.2. The Bertz CT molecular complexity index is 1150. The van der Waals surface area contributed by atoms with Gasteiger partial charge < -0.3 is 9.88 Å². The van der Waals surface area contributed by atoms with Gasteiger partial charge in [0, 0.05) is 18.3 Å². The smallest absolute Gasteiger partial charge is 0.270 e. The van der Waals surface area contributed by atoms with E-state index in [9.17, 15) is 4.79 Å². The van der Waals surface area contributed by atoms with Crippen molar-refractivity contribution >= 4 is 17.5 Å². The highest BCUT2D eigenvalue weighted by molar-refractivity contribution is 6.30. The van der Waals surface area contributed by atoms with Crippen LogP contribution in [-0.2, 0) is 7.05 Å². The van der Waals surface area contributed by atoms with Gasteiger partial charge in [0.15, 0.2) is 0 Å². The van der Waals surface area contributed by atoms with E-state index in [0.717, 1.165) is 22.6 Å². The van der Waals surface area contributed by atoms with E-state index in [2.05, 4.69) is 5.32 Å². The largest absolute Gasteiger partial charge is 0.349 e. The second-order valence-electron chi connectivity index (χ2n) is 6.92. The average molecular weight is 405 g/mol. The molecule has 1 N–H and O–H groups in total. The van der Waals surface area contributed by atoms with Gasteiger partial charge in [0.1, 0.15) is 11.4 Å². The third kappa shape index (κ3) is 3.96. The Morgan fingerprint density at radius 1 is 1.03 bits per heavy atom. The molecule has 0 fully saturated rings. The summed E-state index contributed by atoms with van der Waals surface area (Å²) in [6, 6.07) is 22.8. The van der Waals surface area contributed by atoms with Crippen LogP contribution in [0.1, 0.15) is 29.0 Å². The fourth-order valence-electron chi connectivity index (χ4n) is 3.30. The van der Waals surface area contributed by atoms with Crippen molar-refractivity contribution in [1.82, 2.24) is 19.7 Å². The maximum absolute atomic E-state index is 13.2. The number of nitrogens with zero attached hydrogens (tertiary/aromatic N) is 3. The van der Waals surface area contributed by atoms with Crippen LogP contribution in [-0.4, -0.2) is 20.3 Å². The van der Waals surface area contributed by atoms with Gasteiger partial charge in [0.25, 0.3) is 5.91 Å². The molecular weight excluding hydrogens is 384 g/mol. The highest BCUT2D eigenvalue weighted by Gasteiger charge is 2.20. The molecule has 6 heteroatoms. The summed E-state index contributed by atoms with van der Waals surface area (Å²) in [5.41, 5.74) is 3.87. The van der Waals surface area contributed by atoms with Crippen molar-refractivity contribution in [2.75, 3.05) is 0 Å². The third-order valence-corrected chi connectivity index (χ3v) is 5.08. The Morgan fingerprint density at radius 2 is 1.83 bits per heavy atom. The molecule has 0 bridgehead atoms. The monoisotopic (exact) mass is 404 g/mol. The Kier molecular flexibility index (Phi) is 5.23. The minimum absolute atomic E-state index is 0.134. The van der Waals surface area contributed by atoms with Crippen LogP contribution in [0.15, 0.2) is 79.0 Å². The highest BCUT2D eigenvalue weighted by Crippen LogP contribution is 2.24.